The summed E-state index contributed by atoms with van der Waals surface area (Å²) in [6.45, 7) is 3.89. The summed E-state index contributed by atoms with van der Waals surface area (Å²) in [5.74, 6) is 0.816. The van der Waals surface area contributed by atoms with E-state index in [1.54, 1.807) is 0 Å². The Hall–Kier alpha value is -1.29. The maximum atomic E-state index is 4.42. The highest BCUT2D eigenvalue weighted by Gasteiger charge is 2.02. The van der Waals surface area contributed by atoms with Crippen LogP contribution in [0.3, 0.4) is 0 Å². The molecule has 88 valence electrons. The fraction of sp³-hybridized carbons (Fsp3) is 0.308. The first-order chi connectivity index (χ1) is 8.15. The van der Waals surface area contributed by atoms with Gasteiger partial charge in [0.2, 0.25) is 0 Å². The number of aryl methyl sites for hydroxylation is 4. The van der Waals surface area contributed by atoms with Crippen molar-refractivity contribution in [1.29, 1.82) is 0 Å². The predicted molar refractivity (Wildman–Crippen MR) is 70.9 cm³/mol. The van der Waals surface area contributed by atoms with E-state index in [4.69, 9.17) is 0 Å². The highest BCUT2D eigenvalue weighted by molar-refractivity contribution is 9.10. The molecule has 17 heavy (non-hydrogen) atoms. The maximum absolute atomic E-state index is 4.42. The molecule has 2 aromatic rings. The molecule has 0 N–H and O–H groups in total. The van der Waals surface area contributed by atoms with Gasteiger partial charge < -0.3 is 0 Å². The predicted octanol–water partition coefficient (Wildman–Crippen LogP) is 3.04. The Morgan fingerprint density at radius 1 is 0.941 bits per heavy atom. The van der Waals surface area contributed by atoms with Crippen LogP contribution in [0.25, 0.3) is 0 Å². The summed E-state index contributed by atoms with van der Waals surface area (Å²) in [7, 11) is 0. The Morgan fingerprint density at radius 2 is 1.65 bits per heavy atom. The fourth-order valence-corrected chi connectivity index (χ4v) is 1.78. The zero-order valence-electron chi connectivity index (χ0n) is 9.94. The number of aromatic nitrogens is 3. The third-order valence-corrected chi connectivity index (χ3v) is 3.22. The summed E-state index contributed by atoms with van der Waals surface area (Å²) in [6, 6.07) is 8.32. The smallest absolute Gasteiger partial charge is 0.151 e. The minimum atomic E-state index is 0.816. The molecular formula is C13H14BrN3. The Bertz CT molecular complexity index is 509. The molecule has 0 unspecified atom stereocenters. The number of hydrogen-bond donors (Lipinski definition) is 0. The molecule has 3 nitrogen and oxygen atoms in total. The SMILES string of the molecule is Cc1nnc(CCc2ccc(Br)cc2)nc1C. The number of halogens is 1. The molecular weight excluding hydrogens is 278 g/mol. The summed E-state index contributed by atoms with van der Waals surface area (Å²) in [6.07, 6.45) is 1.77. The van der Waals surface area contributed by atoms with Crippen LogP contribution in [0.2, 0.25) is 0 Å². The van der Waals surface area contributed by atoms with Crippen molar-refractivity contribution in [1.82, 2.24) is 15.2 Å². The molecule has 0 radical (unpaired) electrons. The van der Waals surface area contributed by atoms with E-state index in [9.17, 15) is 0 Å². The van der Waals surface area contributed by atoms with Gasteiger partial charge in [-0.15, -0.1) is 5.10 Å². The van der Waals surface area contributed by atoms with Crippen LogP contribution in [-0.2, 0) is 12.8 Å². The summed E-state index contributed by atoms with van der Waals surface area (Å²) in [4.78, 5) is 4.42. The molecule has 1 aromatic heterocycles. The van der Waals surface area contributed by atoms with Gasteiger partial charge in [0.1, 0.15) is 0 Å². The Labute approximate surface area is 109 Å². The van der Waals surface area contributed by atoms with E-state index in [-0.39, 0.29) is 0 Å². The molecule has 1 heterocycles. The topological polar surface area (TPSA) is 38.7 Å². The third kappa shape index (κ3) is 3.33. The van der Waals surface area contributed by atoms with Crippen molar-refractivity contribution < 1.29 is 0 Å². The number of rotatable bonds is 3. The van der Waals surface area contributed by atoms with Crippen molar-refractivity contribution in [2.24, 2.45) is 0 Å². The highest BCUT2D eigenvalue weighted by Crippen LogP contribution is 2.12. The minimum absolute atomic E-state index is 0.816. The Morgan fingerprint density at radius 3 is 2.29 bits per heavy atom. The minimum Gasteiger partial charge on any atom is -0.234 e. The molecule has 0 saturated heterocycles. The summed E-state index contributed by atoms with van der Waals surface area (Å²) in [5, 5.41) is 8.19. The second-order valence-corrected chi connectivity index (χ2v) is 4.94. The van der Waals surface area contributed by atoms with Crippen molar-refractivity contribution in [3.63, 3.8) is 0 Å². The van der Waals surface area contributed by atoms with Crippen LogP contribution in [0, 0.1) is 13.8 Å². The second kappa shape index (κ2) is 5.36. The van der Waals surface area contributed by atoms with Crippen molar-refractivity contribution in [3.05, 3.63) is 51.5 Å². The van der Waals surface area contributed by atoms with Crippen LogP contribution in [-0.4, -0.2) is 15.2 Å². The second-order valence-electron chi connectivity index (χ2n) is 4.03. The normalized spacial score (nSPS) is 10.5. The molecule has 0 saturated carbocycles. The summed E-state index contributed by atoms with van der Waals surface area (Å²) >= 11 is 3.42. The molecule has 0 aliphatic rings. The first-order valence-electron chi connectivity index (χ1n) is 5.56. The average Bonchev–Trinajstić information content (AvgIpc) is 2.33. The van der Waals surface area contributed by atoms with Gasteiger partial charge in [-0.05, 0) is 38.0 Å². The summed E-state index contributed by atoms with van der Waals surface area (Å²) < 4.78 is 1.10. The number of nitrogens with zero attached hydrogens (tertiary/aromatic N) is 3. The van der Waals surface area contributed by atoms with Crippen molar-refractivity contribution >= 4 is 15.9 Å². The van der Waals surface area contributed by atoms with E-state index in [1.807, 2.05) is 13.8 Å². The highest BCUT2D eigenvalue weighted by atomic mass is 79.9. The number of hydrogen-bond acceptors (Lipinski definition) is 3. The molecule has 0 amide bonds. The molecule has 4 heteroatoms. The molecule has 0 aliphatic heterocycles. The monoisotopic (exact) mass is 291 g/mol. The van der Waals surface area contributed by atoms with Gasteiger partial charge in [-0.2, -0.15) is 5.10 Å². The van der Waals surface area contributed by atoms with Crippen LogP contribution in [0.4, 0.5) is 0 Å². The van der Waals surface area contributed by atoms with Gasteiger partial charge in [0, 0.05) is 10.9 Å². The molecule has 1 aromatic carbocycles. The first kappa shape index (κ1) is 12.2. The van der Waals surface area contributed by atoms with Crippen LogP contribution in [0.5, 0.6) is 0 Å². The molecule has 2 rings (SSSR count). The van der Waals surface area contributed by atoms with E-state index in [0.29, 0.717) is 0 Å². The van der Waals surface area contributed by atoms with E-state index >= 15 is 0 Å². The molecule has 0 aliphatic carbocycles. The molecule has 0 atom stereocenters. The lowest BCUT2D eigenvalue weighted by molar-refractivity contribution is 0.772. The molecule has 0 bridgehead atoms. The Balaban J connectivity index is 2.02. The van der Waals surface area contributed by atoms with E-state index < -0.39 is 0 Å². The van der Waals surface area contributed by atoms with E-state index in [0.717, 1.165) is 34.5 Å². The van der Waals surface area contributed by atoms with Crippen LogP contribution < -0.4 is 0 Å². The van der Waals surface area contributed by atoms with Gasteiger partial charge in [0.15, 0.2) is 5.82 Å². The molecule has 0 spiro atoms. The lowest BCUT2D eigenvalue weighted by Crippen LogP contribution is -2.04. The van der Waals surface area contributed by atoms with Crippen LogP contribution in [0.1, 0.15) is 22.8 Å². The maximum Gasteiger partial charge on any atom is 0.151 e. The van der Waals surface area contributed by atoms with Crippen molar-refractivity contribution in [2.45, 2.75) is 26.7 Å². The zero-order chi connectivity index (χ0) is 12.3. The number of benzene rings is 1. The third-order valence-electron chi connectivity index (χ3n) is 2.69. The van der Waals surface area contributed by atoms with Crippen LogP contribution >= 0.6 is 15.9 Å². The van der Waals surface area contributed by atoms with Gasteiger partial charge >= 0.3 is 0 Å². The van der Waals surface area contributed by atoms with E-state index in [2.05, 4.69) is 55.4 Å². The van der Waals surface area contributed by atoms with Gasteiger partial charge in [-0.25, -0.2) is 4.98 Å². The molecule has 0 fully saturated rings. The largest absolute Gasteiger partial charge is 0.234 e. The first-order valence-corrected chi connectivity index (χ1v) is 6.35. The fourth-order valence-electron chi connectivity index (χ4n) is 1.52. The van der Waals surface area contributed by atoms with Crippen molar-refractivity contribution in [2.75, 3.05) is 0 Å². The quantitative estimate of drug-likeness (QED) is 0.872. The summed E-state index contributed by atoms with van der Waals surface area (Å²) in [5.41, 5.74) is 3.15. The van der Waals surface area contributed by atoms with Gasteiger partial charge in [-0.1, -0.05) is 28.1 Å². The van der Waals surface area contributed by atoms with Gasteiger partial charge in [0.05, 0.1) is 11.4 Å². The lowest BCUT2D eigenvalue weighted by Gasteiger charge is -2.03. The lowest BCUT2D eigenvalue weighted by atomic mass is 10.1. The Kier molecular flexibility index (Phi) is 3.84. The van der Waals surface area contributed by atoms with Gasteiger partial charge in [-0.3, -0.25) is 0 Å². The van der Waals surface area contributed by atoms with Gasteiger partial charge in [0.25, 0.3) is 0 Å². The van der Waals surface area contributed by atoms with E-state index in [1.165, 1.54) is 5.56 Å². The van der Waals surface area contributed by atoms with Crippen LogP contribution in [0.15, 0.2) is 28.7 Å². The zero-order valence-corrected chi connectivity index (χ0v) is 11.5. The standard InChI is InChI=1S/C13H14BrN3/c1-9-10(2)16-17-13(15-9)8-5-11-3-6-12(14)7-4-11/h3-4,6-7H,5,8H2,1-2H3. The van der Waals surface area contributed by atoms with Crippen molar-refractivity contribution in [3.8, 4) is 0 Å². The average molecular weight is 292 g/mol.